The molecule has 0 fully saturated rings. The zero-order valence-electron chi connectivity index (χ0n) is 15.0. The number of nitrogens with zero attached hydrogens (tertiary/aromatic N) is 2. The molecule has 27 heavy (non-hydrogen) atoms. The lowest BCUT2D eigenvalue weighted by Gasteiger charge is -2.22. The highest BCUT2D eigenvalue weighted by atomic mass is 32.1. The van der Waals surface area contributed by atoms with Crippen molar-refractivity contribution in [2.45, 2.75) is 13.5 Å². The van der Waals surface area contributed by atoms with Crippen molar-refractivity contribution in [3.05, 3.63) is 61.8 Å². The molecule has 0 aliphatic rings. The van der Waals surface area contributed by atoms with Crippen LogP contribution in [0, 0.1) is 10.1 Å². The highest BCUT2D eigenvalue weighted by Gasteiger charge is 2.22. The van der Waals surface area contributed by atoms with E-state index in [-0.39, 0.29) is 23.4 Å². The monoisotopic (exact) mass is 392 g/mol. The van der Waals surface area contributed by atoms with Crippen molar-refractivity contribution in [2.24, 2.45) is 0 Å². The first-order valence-corrected chi connectivity index (χ1v) is 9.11. The Morgan fingerprint density at radius 2 is 2.00 bits per heavy atom. The van der Waals surface area contributed by atoms with Gasteiger partial charge in [-0.15, -0.1) is 11.3 Å². The number of hydrogen-bond acceptors (Lipinski definition) is 7. The molecule has 0 bridgehead atoms. The van der Waals surface area contributed by atoms with E-state index >= 15 is 0 Å². The lowest BCUT2D eigenvalue weighted by Crippen LogP contribution is -2.33. The van der Waals surface area contributed by atoms with E-state index < -0.39 is 16.8 Å². The number of thiophene rings is 1. The fourth-order valence-electron chi connectivity index (χ4n) is 2.40. The number of benzene rings is 1. The van der Waals surface area contributed by atoms with Crippen molar-refractivity contribution >= 4 is 28.9 Å². The molecular formula is C18H20N2O6S. The third-order valence-electron chi connectivity index (χ3n) is 3.67. The van der Waals surface area contributed by atoms with E-state index in [1.54, 1.807) is 6.92 Å². The van der Waals surface area contributed by atoms with Crippen LogP contribution in [0.3, 0.4) is 0 Å². The van der Waals surface area contributed by atoms with Crippen molar-refractivity contribution in [1.82, 2.24) is 4.90 Å². The second-order valence-corrected chi connectivity index (χ2v) is 6.58. The van der Waals surface area contributed by atoms with Crippen LogP contribution in [0.4, 0.5) is 5.69 Å². The van der Waals surface area contributed by atoms with Crippen LogP contribution in [0.25, 0.3) is 0 Å². The van der Waals surface area contributed by atoms with Crippen LogP contribution in [0.2, 0.25) is 0 Å². The maximum absolute atomic E-state index is 13.0. The molecule has 0 saturated carbocycles. The molecule has 0 N–H and O–H groups in total. The summed E-state index contributed by atoms with van der Waals surface area (Å²) in [4.78, 5) is 38.1. The molecule has 2 aromatic rings. The molecular weight excluding hydrogens is 372 g/mol. The van der Waals surface area contributed by atoms with Crippen molar-refractivity contribution in [3.63, 3.8) is 0 Å². The van der Waals surface area contributed by atoms with Gasteiger partial charge >= 0.3 is 5.97 Å². The Morgan fingerprint density at radius 1 is 1.26 bits per heavy atom. The van der Waals surface area contributed by atoms with Crippen LogP contribution < -0.4 is 0 Å². The van der Waals surface area contributed by atoms with E-state index in [1.165, 1.54) is 35.5 Å². The van der Waals surface area contributed by atoms with Gasteiger partial charge in [0.1, 0.15) is 0 Å². The van der Waals surface area contributed by atoms with Gasteiger partial charge in [-0.3, -0.25) is 14.9 Å². The van der Waals surface area contributed by atoms with Crippen LogP contribution in [-0.2, 0) is 16.0 Å². The summed E-state index contributed by atoms with van der Waals surface area (Å²) < 4.78 is 9.96. The second-order valence-electron chi connectivity index (χ2n) is 5.55. The summed E-state index contributed by atoms with van der Waals surface area (Å²) in [5.74, 6) is -1.13. The normalized spacial score (nSPS) is 10.4. The molecule has 0 radical (unpaired) electrons. The Bertz CT molecular complexity index is 806. The number of esters is 1. The van der Waals surface area contributed by atoms with Crippen molar-refractivity contribution < 1.29 is 24.0 Å². The summed E-state index contributed by atoms with van der Waals surface area (Å²) in [6.45, 7) is 2.73. The topological polar surface area (TPSA) is 99.0 Å². The second kappa shape index (κ2) is 9.79. The van der Waals surface area contributed by atoms with E-state index in [2.05, 4.69) is 0 Å². The Balaban J connectivity index is 2.37. The minimum atomic E-state index is -0.711. The molecule has 144 valence electrons. The fourth-order valence-corrected chi connectivity index (χ4v) is 3.12. The Hall–Kier alpha value is -2.78. The molecule has 8 nitrogen and oxygen atoms in total. The van der Waals surface area contributed by atoms with Gasteiger partial charge in [-0.05, 0) is 24.4 Å². The molecule has 1 aromatic carbocycles. The van der Waals surface area contributed by atoms with Gasteiger partial charge in [0.15, 0.2) is 0 Å². The smallest absolute Gasteiger partial charge is 0.338 e. The highest BCUT2D eigenvalue weighted by molar-refractivity contribution is 7.09. The first-order chi connectivity index (χ1) is 13.0. The van der Waals surface area contributed by atoms with Crippen LogP contribution in [0.1, 0.15) is 32.5 Å². The van der Waals surface area contributed by atoms with Gasteiger partial charge in [0, 0.05) is 36.2 Å². The zero-order chi connectivity index (χ0) is 19.8. The molecule has 0 aliphatic carbocycles. The standard InChI is InChI=1S/C18H20N2O6S/c1-3-26-18(22)14-9-13(10-15(11-14)20(23)24)17(21)19(6-7-25-2)12-16-5-4-8-27-16/h4-5,8-11H,3,6-7,12H2,1-2H3. The molecule has 0 aliphatic heterocycles. The number of non-ortho nitro benzene ring substituents is 1. The number of methoxy groups -OCH3 is 1. The zero-order valence-corrected chi connectivity index (χ0v) is 15.9. The maximum atomic E-state index is 13.0. The van der Waals surface area contributed by atoms with E-state index in [0.29, 0.717) is 19.7 Å². The molecule has 1 aromatic heterocycles. The molecule has 0 unspecified atom stereocenters. The molecule has 1 amide bonds. The van der Waals surface area contributed by atoms with Gasteiger partial charge in [0.05, 0.1) is 30.2 Å². The number of carbonyl (C=O) groups is 2. The third kappa shape index (κ3) is 5.60. The largest absolute Gasteiger partial charge is 0.462 e. The molecule has 0 saturated heterocycles. The SMILES string of the molecule is CCOC(=O)c1cc(C(=O)N(CCOC)Cc2cccs2)cc([N+](=O)[O-])c1. The first-order valence-electron chi connectivity index (χ1n) is 8.23. The van der Waals surface area contributed by atoms with Crippen molar-refractivity contribution in [1.29, 1.82) is 0 Å². The first kappa shape index (κ1) is 20.5. The molecule has 2 rings (SSSR count). The summed E-state index contributed by atoms with van der Waals surface area (Å²) in [6.07, 6.45) is 0. The summed E-state index contributed by atoms with van der Waals surface area (Å²) in [7, 11) is 1.53. The van der Waals surface area contributed by atoms with E-state index in [4.69, 9.17) is 9.47 Å². The van der Waals surface area contributed by atoms with Crippen molar-refractivity contribution in [3.8, 4) is 0 Å². The maximum Gasteiger partial charge on any atom is 0.338 e. The number of ether oxygens (including phenoxy) is 2. The summed E-state index contributed by atoms with van der Waals surface area (Å²) in [5, 5.41) is 13.1. The van der Waals surface area contributed by atoms with Gasteiger partial charge in [-0.2, -0.15) is 0 Å². The van der Waals surface area contributed by atoms with Gasteiger partial charge in [-0.1, -0.05) is 6.07 Å². The Labute approximate surface area is 160 Å². The summed E-state index contributed by atoms with van der Waals surface area (Å²) in [6, 6.07) is 7.37. The lowest BCUT2D eigenvalue weighted by atomic mass is 10.1. The van der Waals surface area contributed by atoms with Crippen LogP contribution in [0.5, 0.6) is 0 Å². The number of nitro benzene ring substituents is 1. The minimum Gasteiger partial charge on any atom is -0.462 e. The van der Waals surface area contributed by atoms with E-state index in [0.717, 1.165) is 10.9 Å². The predicted molar refractivity (Wildman–Crippen MR) is 100.0 cm³/mol. The average Bonchev–Trinajstić information content (AvgIpc) is 3.17. The average molecular weight is 392 g/mol. The predicted octanol–water partition coefficient (Wildman–Crippen LogP) is 3.12. The summed E-state index contributed by atoms with van der Waals surface area (Å²) in [5.41, 5.74) is -0.316. The Kier molecular flexibility index (Phi) is 7.44. The number of hydrogen-bond donors (Lipinski definition) is 0. The third-order valence-corrected chi connectivity index (χ3v) is 4.53. The highest BCUT2D eigenvalue weighted by Crippen LogP contribution is 2.21. The Morgan fingerprint density at radius 3 is 2.59 bits per heavy atom. The fraction of sp³-hybridized carbons (Fsp3) is 0.333. The van der Waals surface area contributed by atoms with Crippen LogP contribution in [-0.4, -0.2) is 48.6 Å². The van der Waals surface area contributed by atoms with Gasteiger partial charge in [0.2, 0.25) is 0 Å². The molecule has 9 heteroatoms. The minimum absolute atomic E-state index is 0.0304. The lowest BCUT2D eigenvalue weighted by molar-refractivity contribution is -0.384. The van der Waals surface area contributed by atoms with Gasteiger partial charge in [-0.25, -0.2) is 4.79 Å². The van der Waals surface area contributed by atoms with Crippen molar-refractivity contribution in [2.75, 3.05) is 26.9 Å². The number of rotatable bonds is 9. The number of nitro groups is 1. The molecule has 0 spiro atoms. The molecule has 1 heterocycles. The van der Waals surface area contributed by atoms with Crippen LogP contribution in [0.15, 0.2) is 35.7 Å². The number of amides is 1. The van der Waals surface area contributed by atoms with Crippen LogP contribution >= 0.6 is 11.3 Å². The van der Waals surface area contributed by atoms with Gasteiger partial charge < -0.3 is 14.4 Å². The number of carbonyl (C=O) groups excluding carboxylic acids is 2. The molecule has 0 atom stereocenters. The quantitative estimate of drug-likeness (QED) is 0.369. The van der Waals surface area contributed by atoms with Gasteiger partial charge in [0.25, 0.3) is 11.6 Å². The summed E-state index contributed by atoms with van der Waals surface area (Å²) >= 11 is 1.50. The van der Waals surface area contributed by atoms with E-state index in [9.17, 15) is 19.7 Å². The van der Waals surface area contributed by atoms with E-state index in [1.807, 2.05) is 17.5 Å².